The molecule has 0 bridgehead atoms. The number of anilines is 1. The molecule has 1 aliphatic heterocycles. The molecule has 5 heteroatoms. The number of para-hydroxylation sites is 1. The molecule has 142 valence electrons. The van der Waals surface area contributed by atoms with Crippen LogP contribution >= 0.6 is 0 Å². The van der Waals surface area contributed by atoms with Gasteiger partial charge in [0, 0.05) is 47.7 Å². The van der Waals surface area contributed by atoms with E-state index in [1.807, 2.05) is 48.5 Å². The van der Waals surface area contributed by atoms with Crippen LogP contribution in [-0.4, -0.2) is 25.2 Å². The van der Waals surface area contributed by atoms with Crippen molar-refractivity contribution in [1.29, 1.82) is 0 Å². The lowest BCUT2D eigenvalue weighted by molar-refractivity contribution is 0.407. The van der Waals surface area contributed by atoms with Crippen molar-refractivity contribution < 1.29 is 8.83 Å². The third-order valence-corrected chi connectivity index (χ3v) is 5.33. The lowest BCUT2D eigenvalue weighted by Crippen LogP contribution is -2.54. The minimum absolute atomic E-state index is 0.384. The van der Waals surface area contributed by atoms with Crippen LogP contribution in [0.15, 0.2) is 68.2 Å². The second kappa shape index (κ2) is 6.53. The molecule has 1 saturated heterocycles. The summed E-state index contributed by atoms with van der Waals surface area (Å²) in [6.45, 7) is 6.22. The summed E-state index contributed by atoms with van der Waals surface area (Å²) in [6.07, 6.45) is 0. The molecule has 0 spiro atoms. The van der Waals surface area contributed by atoms with E-state index in [2.05, 4.69) is 30.1 Å². The van der Waals surface area contributed by atoms with E-state index in [4.69, 9.17) is 8.83 Å². The normalized spacial score (nSPS) is 20.1. The molecule has 28 heavy (non-hydrogen) atoms. The Labute approximate surface area is 162 Å². The van der Waals surface area contributed by atoms with Crippen LogP contribution in [0, 0.1) is 0 Å². The molecule has 5 nitrogen and oxygen atoms in total. The van der Waals surface area contributed by atoms with Gasteiger partial charge in [-0.15, -0.1) is 0 Å². The zero-order valence-electron chi connectivity index (χ0n) is 15.9. The average Bonchev–Trinajstić information content (AvgIpc) is 3.10. The van der Waals surface area contributed by atoms with Gasteiger partial charge in [0.05, 0.1) is 0 Å². The van der Waals surface area contributed by atoms with Crippen molar-refractivity contribution in [2.45, 2.75) is 25.9 Å². The van der Waals surface area contributed by atoms with E-state index in [0.717, 1.165) is 35.1 Å². The number of benzene rings is 2. The fourth-order valence-electron chi connectivity index (χ4n) is 4.12. The number of piperazine rings is 1. The Kier molecular flexibility index (Phi) is 3.98. The number of nitrogens with one attached hydrogen (secondary N) is 1. The first-order valence-electron chi connectivity index (χ1n) is 9.65. The van der Waals surface area contributed by atoms with Crippen LogP contribution in [-0.2, 0) is 0 Å². The summed E-state index contributed by atoms with van der Waals surface area (Å²) in [4.78, 5) is 15.0. The highest BCUT2D eigenvalue weighted by Gasteiger charge is 2.21. The van der Waals surface area contributed by atoms with Gasteiger partial charge in [0.1, 0.15) is 22.5 Å². The molecule has 3 heterocycles. The predicted octanol–water partition coefficient (Wildman–Crippen LogP) is 4.39. The van der Waals surface area contributed by atoms with Gasteiger partial charge in [-0.25, -0.2) is 4.79 Å². The van der Waals surface area contributed by atoms with Crippen molar-refractivity contribution in [3.8, 4) is 11.3 Å². The molecule has 1 fully saturated rings. The summed E-state index contributed by atoms with van der Waals surface area (Å²) in [5, 5.41) is 5.39. The summed E-state index contributed by atoms with van der Waals surface area (Å²) < 4.78 is 11.5. The summed E-state index contributed by atoms with van der Waals surface area (Å²) >= 11 is 0. The first-order valence-corrected chi connectivity index (χ1v) is 9.65. The Morgan fingerprint density at radius 2 is 1.64 bits per heavy atom. The Balaban J connectivity index is 1.55. The summed E-state index contributed by atoms with van der Waals surface area (Å²) in [6, 6.07) is 18.4. The predicted molar refractivity (Wildman–Crippen MR) is 112 cm³/mol. The van der Waals surface area contributed by atoms with Gasteiger partial charge in [-0.1, -0.05) is 18.2 Å². The first kappa shape index (κ1) is 17.1. The van der Waals surface area contributed by atoms with E-state index >= 15 is 0 Å². The van der Waals surface area contributed by atoms with Gasteiger partial charge in [0.2, 0.25) is 0 Å². The van der Waals surface area contributed by atoms with E-state index in [1.54, 1.807) is 0 Å². The molecular formula is C23H22N2O3. The first-order chi connectivity index (χ1) is 13.6. The fraction of sp³-hybridized carbons (Fsp3) is 0.261. The van der Waals surface area contributed by atoms with Crippen LogP contribution in [0.25, 0.3) is 33.3 Å². The van der Waals surface area contributed by atoms with E-state index < -0.39 is 0 Å². The largest absolute Gasteiger partial charge is 0.456 e. The van der Waals surface area contributed by atoms with Crippen LogP contribution < -0.4 is 15.8 Å². The number of fused-ring (bicyclic) bond motifs is 2. The van der Waals surface area contributed by atoms with Crippen LogP contribution in [0.2, 0.25) is 0 Å². The van der Waals surface area contributed by atoms with Crippen molar-refractivity contribution in [3.05, 3.63) is 65.0 Å². The molecule has 5 rings (SSSR count). The van der Waals surface area contributed by atoms with Crippen LogP contribution in [0.1, 0.15) is 13.8 Å². The number of rotatable bonds is 2. The maximum atomic E-state index is 12.7. The number of furan rings is 1. The van der Waals surface area contributed by atoms with Crippen molar-refractivity contribution in [2.75, 3.05) is 18.0 Å². The minimum atomic E-state index is -0.384. The van der Waals surface area contributed by atoms with E-state index in [0.29, 0.717) is 29.0 Å². The van der Waals surface area contributed by atoms with Gasteiger partial charge in [-0.2, -0.15) is 0 Å². The molecule has 2 aromatic carbocycles. The van der Waals surface area contributed by atoms with E-state index in [-0.39, 0.29) is 5.63 Å². The monoisotopic (exact) mass is 374 g/mol. The van der Waals surface area contributed by atoms with Crippen molar-refractivity contribution in [3.63, 3.8) is 0 Å². The third kappa shape index (κ3) is 2.98. The summed E-state index contributed by atoms with van der Waals surface area (Å²) in [5.41, 5.74) is 2.49. The maximum Gasteiger partial charge on any atom is 0.347 e. The lowest BCUT2D eigenvalue weighted by atomic mass is 10.1. The van der Waals surface area contributed by atoms with E-state index in [1.165, 1.54) is 0 Å². The molecule has 0 aliphatic carbocycles. The highest BCUT2D eigenvalue weighted by molar-refractivity contribution is 5.87. The highest BCUT2D eigenvalue weighted by Crippen LogP contribution is 2.29. The standard InChI is InChI=1S/C23H22N2O3/c1-14-12-25(13-15(2)24-14)18-8-7-17-9-19(23(26)28-21(17)11-18)22-10-16-5-3-4-6-20(16)27-22/h3-11,14-15,24H,12-13H2,1-2H3. The Bertz CT molecular complexity index is 1180. The summed E-state index contributed by atoms with van der Waals surface area (Å²) in [5.74, 6) is 0.533. The van der Waals surface area contributed by atoms with Gasteiger partial charge in [0.15, 0.2) is 0 Å². The molecule has 1 aliphatic rings. The molecule has 0 saturated carbocycles. The van der Waals surface area contributed by atoms with Crippen molar-refractivity contribution >= 4 is 27.6 Å². The van der Waals surface area contributed by atoms with E-state index in [9.17, 15) is 4.79 Å². The molecule has 2 aromatic heterocycles. The van der Waals surface area contributed by atoms with Gasteiger partial charge in [-0.3, -0.25) is 0 Å². The molecule has 4 aromatic rings. The Hall–Kier alpha value is -3.05. The molecule has 0 radical (unpaired) electrons. The zero-order valence-corrected chi connectivity index (χ0v) is 15.9. The SMILES string of the molecule is CC1CN(c2ccc3cc(-c4cc5ccccc5o4)c(=O)oc3c2)CC(C)N1. The number of hydrogen-bond acceptors (Lipinski definition) is 5. The van der Waals surface area contributed by atoms with Gasteiger partial charge < -0.3 is 19.1 Å². The van der Waals surface area contributed by atoms with Crippen molar-refractivity contribution in [2.24, 2.45) is 0 Å². The molecular weight excluding hydrogens is 352 g/mol. The van der Waals surface area contributed by atoms with Crippen LogP contribution in [0.3, 0.4) is 0 Å². The number of hydrogen-bond donors (Lipinski definition) is 1. The van der Waals surface area contributed by atoms with Crippen molar-refractivity contribution in [1.82, 2.24) is 5.32 Å². The maximum absolute atomic E-state index is 12.7. The topological polar surface area (TPSA) is 58.6 Å². The Morgan fingerprint density at radius 1 is 0.893 bits per heavy atom. The van der Waals surface area contributed by atoms with Gasteiger partial charge in [-0.05, 0) is 44.2 Å². The number of nitrogens with zero attached hydrogens (tertiary/aromatic N) is 1. The highest BCUT2D eigenvalue weighted by atomic mass is 16.4. The quantitative estimate of drug-likeness (QED) is 0.527. The second-order valence-electron chi connectivity index (χ2n) is 7.69. The molecule has 0 amide bonds. The van der Waals surface area contributed by atoms with Crippen LogP contribution in [0.4, 0.5) is 5.69 Å². The van der Waals surface area contributed by atoms with Gasteiger partial charge in [0.25, 0.3) is 0 Å². The molecule has 2 unspecified atom stereocenters. The zero-order chi connectivity index (χ0) is 19.3. The van der Waals surface area contributed by atoms with Gasteiger partial charge >= 0.3 is 5.63 Å². The summed E-state index contributed by atoms with van der Waals surface area (Å²) in [7, 11) is 0. The third-order valence-electron chi connectivity index (χ3n) is 5.33. The second-order valence-corrected chi connectivity index (χ2v) is 7.69. The molecule has 2 atom stereocenters. The fourth-order valence-corrected chi connectivity index (χ4v) is 4.12. The minimum Gasteiger partial charge on any atom is -0.456 e. The molecule has 1 N–H and O–H groups in total. The smallest absolute Gasteiger partial charge is 0.347 e. The lowest BCUT2D eigenvalue weighted by Gasteiger charge is -2.37. The Morgan fingerprint density at radius 3 is 2.43 bits per heavy atom. The average molecular weight is 374 g/mol. The van der Waals surface area contributed by atoms with Crippen LogP contribution in [0.5, 0.6) is 0 Å².